The van der Waals surface area contributed by atoms with E-state index >= 15 is 0 Å². The van der Waals surface area contributed by atoms with Crippen LogP contribution in [0, 0.1) is 6.92 Å². The summed E-state index contributed by atoms with van der Waals surface area (Å²) in [5.74, 6) is -1.73. The Kier molecular flexibility index (Phi) is 4.90. The number of ketones is 1. The van der Waals surface area contributed by atoms with Gasteiger partial charge in [-0.25, -0.2) is 4.98 Å². The van der Waals surface area contributed by atoms with Crippen LogP contribution >= 0.6 is 0 Å². The fourth-order valence-electron chi connectivity index (χ4n) is 2.18. The van der Waals surface area contributed by atoms with Gasteiger partial charge in [0.05, 0.1) is 6.20 Å². The zero-order valence-corrected chi connectivity index (χ0v) is 12.9. The molecule has 2 rings (SSSR count). The molecule has 23 heavy (non-hydrogen) atoms. The predicted molar refractivity (Wildman–Crippen MR) is 83.5 cm³/mol. The zero-order chi connectivity index (χ0) is 17.0. The first kappa shape index (κ1) is 16.4. The van der Waals surface area contributed by atoms with Gasteiger partial charge in [-0.15, -0.1) is 0 Å². The van der Waals surface area contributed by atoms with Gasteiger partial charge in [-0.2, -0.15) is 0 Å². The number of carbonyl (C=O) groups is 3. The van der Waals surface area contributed by atoms with Crippen LogP contribution in [-0.4, -0.2) is 33.2 Å². The van der Waals surface area contributed by atoms with Gasteiger partial charge in [0.15, 0.2) is 0 Å². The van der Waals surface area contributed by atoms with Crippen LogP contribution in [0.5, 0.6) is 0 Å². The first-order chi connectivity index (χ1) is 10.9. The molecule has 0 aliphatic rings. The summed E-state index contributed by atoms with van der Waals surface area (Å²) in [5, 5.41) is 2.57. The fourth-order valence-corrected chi connectivity index (χ4v) is 2.18. The third-order valence-corrected chi connectivity index (χ3v) is 3.60. The van der Waals surface area contributed by atoms with E-state index in [-0.39, 0.29) is 6.42 Å². The van der Waals surface area contributed by atoms with Crippen molar-refractivity contribution in [3.05, 3.63) is 53.6 Å². The molecule has 1 heterocycles. The number of Topliss-reactive ketones (excluding diaryl/α,β-unsaturated/α-hetero) is 1. The van der Waals surface area contributed by atoms with E-state index in [1.54, 1.807) is 18.5 Å². The first-order valence-corrected chi connectivity index (χ1v) is 7.07. The molecule has 0 saturated carbocycles. The second-order valence-corrected chi connectivity index (χ2v) is 5.19. The third-order valence-electron chi connectivity index (χ3n) is 3.60. The number of imidazole rings is 1. The van der Waals surface area contributed by atoms with Crippen molar-refractivity contribution in [3.63, 3.8) is 0 Å². The monoisotopic (exact) mass is 314 g/mol. The molecule has 2 aromatic rings. The maximum Gasteiger partial charge on any atom is 0.287 e. The molecule has 3 N–H and O–H groups in total. The third kappa shape index (κ3) is 3.82. The summed E-state index contributed by atoms with van der Waals surface area (Å²) in [5.41, 5.74) is 6.20. The summed E-state index contributed by atoms with van der Waals surface area (Å²) in [6, 6.07) is 8.06. The van der Waals surface area contributed by atoms with Crippen molar-refractivity contribution in [3.8, 4) is 0 Å². The molecule has 7 nitrogen and oxygen atoms in total. The van der Waals surface area contributed by atoms with Crippen molar-refractivity contribution in [2.75, 3.05) is 0 Å². The Balaban J connectivity index is 2.20. The van der Waals surface area contributed by atoms with Gasteiger partial charge >= 0.3 is 0 Å². The van der Waals surface area contributed by atoms with Crippen molar-refractivity contribution >= 4 is 17.6 Å². The minimum Gasteiger partial charge on any atom is -0.363 e. The predicted octanol–water partition coefficient (Wildman–Crippen LogP) is 0.124. The van der Waals surface area contributed by atoms with Crippen molar-refractivity contribution in [1.82, 2.24) is 14.9 Å². The number of aromatic nitrogens is 2. The molecule has 7 heteroatoms. The van der Waals surface area contributed by atoms with Crippen LogP contribution in [0.4, 0.5) is 0 Å². The maximum absolute atomic E-state index is 12.3. The Bertz CT molecular complexity index is 737. The molecule has 1 unspecified atom stereocenters. The Morgan fingerprint density at radius 3 is 2.43 bits per heavy atom. The minimum absolute atomic E-state index is 0.186. The van der Waals surface area contributed by atoms with E-state index in [0.29, 0.717) is 11.5 Å². The van der Waals surface area contributed by atoms with Crippen molar-refractivity contribution < 1.29 is 14.4 Å². The molecular formula is C16H18N4O3. The van der Waals surface area contributed by atoms with E-state index in [1.807, 2.05) is 30.3 Å². The number of primary amides is 1. The number of rotatable bonds is 6. The Morgan fingerprint density at radius 2 is 1.91 bits per heavy atom. The lowest BCUT2D eigenvalue weighted by molar-refractivity contribution is -0.137. The SMILES string of the molecule is Cc1ncc(C(=O)NC(Cc2ccccc2)C(=O)C(N)=O)n1C. The summed E-state index contributed by atoms with van der Waals surface area (Å²) in [4.78, 5) is 39.6. The molecule has 0 spiro atoms. The fraction of sp³-hybridized carbons (Fsp3) is 0.250. The number of nitrogens with one attached hydrogen (secondary N) is 1. The van der Waals surface area contributed by atoms with E-state index < -0.39 is 23.6 Å². The van der Waals surface area contributed by atoms with E-state index in [2.05, 4.69) is 10.3 Å². The standard InChI is InChI=1S/C16H18N4O3/c1-10-18-9-13(20(10)2)16(23)19-12(14(21)15(17)22)8-11-6-4-3-5-7-11/h3-7,9,12H,8H2,1-2H3,(H2,17,22)(H,19,23). The largest absolute Gasteiger partial charge is 0.363 e. The molecule has 2 amide bonds. The minimum atomic E-state index is -1.08. The summed E-state index contributed by atoms with van der Waals surface area (Å²) in [6.45, 7) is 1.76. The van der Waals surface area contributed by atoms with Gasteiger partial charge in [-0.3, -0.25) is 14.4 Å². The number of nitrogens with two attached hydrogens (primary N) is 1. The number of aryl methyl sites for hydroxylation is 1. The second-order valence-electron chi connectivity index (χ2n) is 5.19. The molecule has 0 aliphatic heterocycles. The topological polar surface area (TPSA) is 107 Å². The van der Waals surface area contributed by atoms with Gasteiger partial charge in [0.25, 0.3) is 11.8 Å². The number of hydrogen-bond donors (Lipinski definition) is 2. The highest BCUT2D eigenvalue weighted by molar-refractivity contribution is 6.38. The molecule has 0 aliphatic carbocycles. The zero-order valence-electron chi connectivity index (χ0n) is 12.9. The maximum atomic E-state index is 12.3. The lowest BCUT2D eigenvalue weighted by Gasteiger charge is -2.16. The molecule has 1 aromatic carbocycles. The van der Waals surface area contributed by atoms with Crippen LogP contribution in [0.15, 0.2) is 36.5 Å². The summed E-state index contributed by atoms with van der Waals surface area (Å²) >= 11 is 0. The molecule has 1 atom stereocenters. The normalized spacial score (nSPS) is 11.7. The van der Waals surface area contributed by atoms with Crippen LogP contribution in [-0.2, 0) is 23.1 Å². The van der Waals surface area contributed by atoms with Crippen molar-refractivity contribution in [1.29, 1.82) is 0 Å². The van der Waals surface area contributed by atoms with E-state index in [0.717, 1.165) is 5.56 Å². The number of hydrogen-bond acceptors (Lipinski definition) is 4. The molecule has 0 radical (unpaired) electrons. The number of benzene rings is 1. The summed E-state index contributed by atoms with van der Waals surface area (Å²) < 4.78 is 1.60. The van der Waals surface area contributed by atoms with Crippen LogP contribution < -0.4 is 11.1 Å². The highest BCUT2D eigenvalue weighted by atomic mass is 16.2. The molecule has 0 saturated heterocycles. The second kappa shape index (κ2) is 6.87. The first-order valence-electron chi connectivity index (χ1n) is 7.07. The summed E-state index contributed by atoms with van der Waals surface area (Å²) in [6.07, 6.45) is 1.60. The van der Waals surface area contributed by atoms with E-state index in [4.69, 9.17) is 5.73 Å². The van der Waals surface area contributed by atoms with Gasteiger partial charge in [-0.05, 0) is 12.5 Å². The van der Waals surface area contributed by atoms with Crippen LogP contribution in [0.2, 0.25) is 0 Å². The average molecular weight is 314 g/mol. The van der Waals surface area contributed by atoms with Gasteiger partial charge in [-0.1, -0.05) is 30.3 Å². The Morgan fingerprint density at radius 1 is 1.26 bits per heavy atom. The highest BCUT2D eigenvalue weighted by Crippen LogP contribution is 2.07. The number of nitrogens with zero attached hydrogens (tertiary/aromatic N) is 2. The summed E-state index contributed by atoms with van der Waals surface area (Å²) in [7, 11) is 1.69. The lowest BCUT2D eigenvalue weighted by atomic mass is 10.0. The molecular weight excluding hydrogens is 296 g/mol. The van der Waals surface area contributed by atoms with Crippen molar-refractivity contribution in [2.24, 2.45) is 12.8 Å². The highest BCUT2D eigenvalue weighted by Gasteiger charge is 2.26. The molecule has 0 fully saturated rings. The van der Waals surface area contributed by atoms with E-state index in [1.165, 1.54) is 6.20 Å². The Labute approximate surface area is 133 Å². The molecule has 1 aromatic heterocycles. The van der Waals surface area contributed by atoms with Gasteiger partial charge < -0.3 is 15.6 Å². The number of amides is 2. The molecule has 120 valence electrons. The number of carbonyl (C=O) groups excluding carboxylic acids is 3. The van der Waals surface area contributed by atoms with Crippen LogP contribution in [0.1, 0.15) is 21.9 Å². The quantitative estimate of drug-likeness (QED) is 0.739. The smallest absolute Gasteiger partial charge is 0.287 e. The van der Waals surface area contributed by atoms with Gasteiger partial charge in [0.2, 0.25) is 5.78 Å². The van der Waals surface area contributed by atoms with E-state index in [9.17, 15) is 14.4 Å². The molecule has 0 bridgehead atoms. The lowest BCUT2D eigenvalue weighted by Crippen LogP contribution is -2.47. The van der Waals surface area contributed by atoms with Crippen molar-refractivity contribution in [2.45, 2.75) is 19.4 Å². The van der Waals surface area contributed by atoms with Gasteiger partial charge in [0, 0.05) is 13.5 Å². The van der Waals surface area contributed by atoms with Crippen LogP contribution in [0.3, 0.4) is 0 Å². The average Bonchev–Trinajstić information content (AvgIpc) is 2.86. The van der Waals surface area contributed by atoms with Gasteiger partial charge in [0.1, 0.15) is 17.6 Å². The Hall–Kier alpha value is -2.96. The van der Waals surface area contributed by atoms with Crippen LogP contribution in [0.25, 0.3) is 0 Å².